The fourth-order valence-electron chi connectivity index (χ4n) is 2.75. The standard InChI is InChI=1S/C18H22N4O7/c19-11(6-15(24)25)16(26)22-14(8-23)17(27)21-13(18(28)29)5-9-7-20-12-4-2-1-3-10(9)12/h1-4,7,11,13-14,20,23H,5-6,8,19H2,(H,21,27)(H,22,26)(H,24,25)(H,28,29)/t11-,13-,14-/m0/s1. The number of carboxylic acids is 2. The van der Waals surface area contributed by atoms with Crippen LogP contribution in [0, 0.1) is 0 Å². The molecule has 11 nitrogen and oxygen atoms in total. The molecule has 0 unspecified atom stereocenters. The van der Waals surface area contributed by atoms with E-state index in [-0.39, 0.29) is 6.42 Å². The molecule has 29 heavy (non-hydrogen) atoms. The zero-order chi connectivity index (χ0) is 21.6. The maximum absolute atomic E-state index is 12.3. The number of nitrogens with one attached hydrogen (secondary N) is 3. The molecule has 2 amide bonds. The van der Waals surface area contributed by atoms with Gasteiger partial charge >= 0.3 is 11.9 Å². The smallest absolute Gasteiger partial charge is 0.326 e. The van der Waals surface area contributed by atoms with Crippen LogP contribution >= 0.6 is 0 Å². The number of fused-ring (bicyclic) bond motifs is 1. The van der Waals surface area contributed by atoms with E-state index >= 15 is 0 Å². The average Bonchev–Trinajstić information content (AvgIpc) is 3.07. The summed E-state index contributed by atoms with van der Waals surface area (Å²) in [6, 6.07) is 3.03. The Morgan fingerprint density at radius 1 is 1.03 bits per heavy atom. The second kappa shape index (κ2) is 9.66. The minimum atomic E-state index is -1.48. The predicted molar refractivity (Wildman–Crippen MR) is 101 cm³/mol. The van der Waals surface area contributed by atoms with Crippen molar-refractivity contribution in [2.24, 2.45) is 5.73 Å². The van der Waals surface area contributed by atoms with Crippen LogP contribution in [-0.2, 0) is 25.6 Å². The first-order valence-electron chi connectivity index (χ1n) is 8.69. The molecule has 0 fully saturated rings. The monoisotopic (exact) mass is 406 g/mol. The van der Waals surface area contributed by atoms with Crippen molar-refractivity contribution in [2.45, 2.75) is 31.0 Å². The SMILES string of the molecule is N[C@@H](CC(=O)O)C(=O)N[C@@H](CO)C(=O)N[C@@H](Cc1c[nH]c2ccccc12)C(=O)O. The Labute approximate surface area is 164 Å². The highest BCUT2D eigenvalue weighted by Crippen LogP contribution is 2.19. The lowest BCUT2D eigenvalue weighted by Gasteiger charge is -2.21. The maximum atomic E-state index is 12.3. The molecule has 8 N–H and O–H groups in total. The van der Waals surface area contributed by atoms with Gasteiger partial charge in [0.25, 0.3) is 0 Å². The molecule has 0 saturated heterocycles. The number of carbonyl (C=O) groups is 4. The van der Waals surface area contributed by atoms with Crippen LogP contribution in [0.1, 0.15) is 12.0 Å². The van der Waals surface area contributed by atoms with Crippen LogP contribution in [0.3, 0.4) is 0 Å². The molecule has 0 spiro atoms. The van der Waals surface area contributed by atoms with E-state index in [1.807, 2.05) is 18.2 Å². The van der Waals surface area contributed by atoms with Crippen molar-refractivity contribution in [1.82, 2.24) is 15.6 Å². The number of aliphatic hydroxyl groups is 1. The van der Waals surface area contributed by atoms with Gasteiger partial charge in [-0.1, -0.05) is 18.2 Å². The molecule has 0 aliphatic heterocycles. The number of H-pyrrole nitrogens is 1. The molecule has 1 heterocycles. The quantitative estimate of drug-likeness (QED) is 0.249. The highest BCUT2D eigenvalue weighted by Gasteiger charge is 2.28. The number of nitrogens with two attached hydrogens (primary N) is 1. The molecule has 0 aliphatic carbocycles. The molecule has 3 atom stereocenters. The predicted octanol–water partition coefficient (Wildman–Crippen LogP) is -1.44. The summed E-state index contributed by atoms with van der Waals surface area (Å²) in [7, 11) is 0. The third-order valence-electron chi connectivity index (χ3n) is 4.26. The lowest BCUT2D eigenvalue weighted by atomic mass is 10.0. The van der Waals surface area contributed by atoms with Crippen molar-refractivity contribution in [2.75, 3.05) is 6.61 Å². The Kier molecular flexibility index (Phi) is 7.28. The molecular weight excluding hydrogens is 384 g/mol. The van der Waals surface area contributed by atoms with Gasteiger partial charge in [0.15, 0.2) is 0 Å². The number of aromatic nitrogens is 1. The van der Waals surface area contributed by atoms with E-state index in [1.165, 1.54) is 0 Å². The summed E-state index contributed by atoms with van der Waals surface area (Å²) in [5.41, 5.74) is 6.89. The van der Waals surface area contributed by atoms with Gasteiger partial charge in [-0.05, 0) is 11.6 Å². The van der Waals surface area contributed by atoms with Gasteiger partial charge < -0.3 is 36.7 Å². The Balaban J connectivity index is 2.06. The van der Waals surface area contributed by atoms with E-state index in [1.54, 1.807) is 12.3 Å². The molecule has 0 saturated carbocycles. The molecular formula is C18H22N4O7. The molecule has 2 rings (SSSR count). The minimum Gasteiger partial charge on any atom is -0.481 e. The molecule has 1 aromatic carbocycles. The summed E-state index contributed by atoms with van der Waals surface area (Å²) in [4.78, 5) is 49.4. The van der Waals surface area contributed by atoms with Crippen molar-refractivity contribution in [3.05, 3.63) is 36.0 Å². The van der Waals surface area contributed by atoms with Gasteiger partial charge in [-0.15, -0.1) is 0 Å². The summed E-state index contributed by atoms with van der Waals surface area (Å²) in [5.74, 6) is -4.49. The zero-order valence-corrected chi connectivity index (χ0v) is 15.3. The van der Waals surface area contributed by atoms with Crippen molar-refractivity contribution < 1.29 is 34.5 Å². The van der Waals surface area contributed by atoms with E-state index < -0.39 is 54.9 Å². The number of benzene rings is 1. The molecule has 0 aliphatic rings. The van der Waals surface area contributed by atoms with Gasteiger partial charge in [0.2, 0.25) is 11.8 Å². The number of carboxylic acid groups (broad SMARTS) is 2. The molecule has 0 bridgehead atoms. The maximum Gasteiger partial charge on any atom is 0.326 e. The van der Waals surface area contributed by atoms with Crippen LogP contribution in [0.2, 0.25) is 0 Å². The van der Waals surface area contributed by atoms with E-state index in [2.05, 4.69) is 15.6 Å². The van der Waals surface area contributed by atoms with E-state index in [0.29, 0.717) is 5.56 Å². The van der Waals surface area contributed by atoms with E-state index in [4.69, 9.17) is 10.8 Å². The normalized spacial score (nSPS) is 14.0. The summed E-state index contributed by atoms with van der Waals surface area (Å²) in [5, 5.41) is 32.7. The number of para-hydroxylation sites is 1. The number of hydrogen-bond acceptors (Lipinski definition) is 6. The third-order valence-corrected chi connectivity index (χ3v) is 4.26. The van der Waals surface area contributed by atoms with Crippen LogP contribution in [-0.4, -0.2) is 68.8 Å². The lowest BCUT2D eigenvalue weighted by molar-refractivity contribution is -0.143. The average molecular weight is 406 g/mol. The largest absolute Gasteiger partial charge is 0.481 e. The minimum absolute atomic E-state index is 0.0320. The number of aromatic amines is 1. The summed E-state index contributed by atoms with van der Waals surface area (Å²) < 4.78 is 0. The zero-order valence-electron chi connectivity index (χ0n) is 15.3. The van der Waals surface area contributed by atoms with Crippen LogP contribution < -0.4 is 16.4 Å². The van der Waals surface area contributed by atoms with Gasteiger partial charge in [0, 0.05) is 23.5 Å². The van der Waals surface area contributed by atoms with Gasteiger partial charge in [-0.2, -0.15) is 0 Å². The van der Waals surface area contributed by atoms with Crippen molar-refractivity contribution >= 4 is 34.7 Å². The van der Waals surface area contributed by atoms with Crippen molar-refractivity contribution in [3.8, 4) is 0 Å². The molecule has 1 aromatic heterocycles. The van der Waals surface area contributed by atoms with E-state index in [9.17, 15) is 29.4 Å². The molecule has 156 valence electrons. The number of carbonyl (C=O) groups excluding carboxylic acids is 2. The third kappa shape index (κ3) is 5.77. The highest BCUT2D eigenvalue weighted by molar-refractivity contribution is 5.93. The Hall–Kier alpha value is -3.44. The number of aliphatic carboxylic acids is 2. The first-order valence-corrected chi connectivity index (χ1v) is 8.69. The number of hydrogen-bond donors (Lipinski definition) is 7. The summed E-state index contributed by atoms with van der Waals surface area (Å²) in [6.45, 7) is -0.823. The van der Waals surface area contributed by atoms with Gasteiger partial charge in [-0.3, -0.25) is 14.4 Å². The van der Waals surface area contributed by atoms with Crippen molar-refractivity contribution in [1.29, 1.82) is 0 Å². The molecule has 0 radical (unpaired) electrons. The second-order valence-corrected chi connectivity index (χ2v) is 6.41. The number of rotatable bonds is 10. The number of aliphatic hydroxyl groups excluding tert-OH is 1. The van der Waals surface area contributed by atoms with Gasteiger partial charge in [0.05, 0.1) is 19.1 Å². The Bertz CT molecular complexity index is 911. The summed E-state index contributed by atoms with van der Waals surface area (Å²) in [6.07, 6.45) is 0.947. The second-order valence-electron chi connectivity index (χ2n) is 6.41. The van der Waals surface area contributed by atoms with Crippen LogP contribution in [0.25, 0.3) is 10.9 Å². The highest BCUT2D eigenvalue weighted by atomic mass is 16.4. The Morgan fingerprint density at radius 3 is 2.31 bits per heavy atom. The molecule has 11 heteroatoms. The first kappa shape index (κ1) is 21.9. The number of amides is 2. The van der Waals surface area contributed by atoms with Crippen molar-refractivity contribution in [3.63, 3.8) is 0 Å². The topological polar surface area (TPSA) is 195 Å². The molecule has 2 aromatic rings. The fourth-order valence-corrected chi connectivity index (χ4v) is 2.75. The van der Waals surface area contributed by atoms with Crippen LogP contribution in [0.15, 0.2) is 30.5 Å². The first-order chi connectivity index (χ1) is 13.7. The van der Waals surface area contributed by atoms with E-state index in [0.717, 1.165) is 10.9 Å². The van der Waals surface area contributed by atoms with Crippen LogP contribution in [0.4, 0.5) is 0 Å². The fraction of sp³-hybridized carbons (Fsp3) is 0.333. The Morgan fingerprint density at radius 2 is 1.69 bits per heavy atom. The van der Waals surface area contributed by atoms with Gasteiger partial charge in [-0.25, -0.2) is 4.79 Å². The summed E-state index contributed by atoms with van der Waals surface area (Å²) >= 11 is 0. The lowest BCUT2D eigenvalue weighted by Crippen LogP contribution is -2.56. The van der Waals surface area contributed by atoms with Gasteiger partial charge in [0.1, 0.15) is 12.1 Å². The van der Waals surface area contributed by atoms with Crippen LogP contribution in [0.5, 0.6) is 0 Å².